The minimum atomic E-state index is -0.632. The highest BCUT2D eigenvalue weighted by atomic mass is 16.2. The molecular weight excluding hydrogens is 382 g/mol. The summed E-state index contributed by atoms with van der Waals surface area (Å²) in [6, 6.07) is 10.1. The number of carbonyl (C=O) groups is 2. The quantitative estimate of drug-likeness (QED) is 0.413. The van der Waals surface area contributed by atoms with Crippen LogP contribution in [-0.4, -0.2) is 29.7 Å². The van der Waals surface area contributed by atoms with Crippen molar-refractivity contribution >= 4 is 11.7 Å². The lowest BCUT2D eigenvalue weighted by Crippen LogP contribution is -2.43. The first-order valence-electron chi connectivity index (χ1n) is 11.7. The number of hydrogen-bond donors (Lipinski definition) is 0. The van der Waals surface area contributed by atoms with Gasteiger partial charge in [0.2, 0.25) is 5.91 Å². The number of rotatable bonds is 6. The standard InChI is InChI=1S/C28H37NO2/c1-6-29(7-2)27(31)26-23(22-13-9-8-10-14-22)18-21(19-25(26)30)15-16-24-20(3)12-11-17-28(24,4)5/h8-10,12-16,19,23-24,26H,6-7,11,17-18H2,1-5H3/b16-15+. The van der Waals surface area contributed by atoms with E-state index >= 15 is 0 Å². The highest BCUT2D eigenvalue weighted by Crippen LogP contribution is 2.43. The maximum atomic E-state index is 13.2. The van der Waals surface area contributed by atoms with E-state index in [0.717, 1.165) is 17.6 Å². The Bertz CT molecular complexity index is 887. The summed E-state index contributed by atoms with van der Waals surface area (Å²) < 4.78 is 0. The lowest BCUT2D eigenvalue weighted by molar-refractivity contribution is -0.140. The Hall–Kier alpha value is -2.42. The normalized spacial score (nSPS) is 25.8. The van der Waals surface area contributed by atoms with Crippen molar-refractivity contribution in [2.75, 3.05) is 13.1 Å². The van der Waals surface area contributed by atoms with E-state index in [1.54, 1.807) is 11.0 Å². The summed E-state index contributed by atoms with van der Waals surface area (Å²) in [5, 5.41) is 0. The van der Waals surface area contributed by atoms with Crippen LogP contribution in [-0.2, 0) is 9.59 Å². The van der Waals surface area contributed by atoms with Gasteiger partial charge in [-0.25, -0.2) is 0 Å². The number of nitrogens with zero attached hydrogens (tertiary/aromatic N) is 1. The number of benzene rings is 1. The average Bonchev–Trinajstić information content (AvgIpc) is 2.74. The summed E-state index contributed by atoms with van der Waals surface area (Å²) in [5.74, 6) is -0.487. The van der Waals surface area contributed by atoms with Gasteiger partial charge in [0.05, 0.1) is 0 Å². The van der Waals surface area contributed by atoms with Gasteiger partial charge in [0.1, 0.15) is 5.92 Å². The van der Waals surface area contributed by atoms with Gasteiger partial charge >= 0.3 is 0 Å². The van der Waals surface area contributed by atoms with Crippen molar-refractivity contribution in [2.24, 2.45) is 17.3 Å². The summed E-state index contributed by atoms with van der Waals surface area (Å²) in [5.41, 5.74) is 3.71. The molecule has 1 aromatic rings. The van der Waals surface area contributed by atoms with Crippen molar-refractivity contribution in [1.29, 1.82) is 0 Å². The van der Waals surface area contributed by atoms with E-state index in [0.29, 0.717) is 25.4 Å². The molecule has 2 aliphatic rings. The van der Waals surface area contributed by atoms with Crippen LogP contribution in [0.3, 0.4) is 0 Å². The maximum absolute atomic E-state index is 13.2. The first kappa shape index (κ1) is 23.2. The summed E-state index contributed by atoms with van der Waals surface area (Å²) in [7, 11) is 0. The fourth-order valence-electron chi connectivity index (χ4n) is 5.26. The lowest BCUT2D eigenvalue weighted by Gasteiger charge is -2.37. The number of amides is 1. The molecular formula is C28H37NO2. The summed E-state index contributed by atoms with van der Waals surface area (Å²) >= 11 is 0. The zero-order chi connectivity index (χ0) is 22.6. The molecule has 1 amide bonds. The molecule has 3 unspecified atom stereocenters. The first-order chi connectivity index (χ1) is 14.8. The third kappa shape index (κ3) is 5.08. The summed E-state index contributed by atoms with van der Waals surface area (Å²) in [6.07, 6.45) is 11.5. The molecule has 1 aromatic carbocycles. The Morgan fingerprint density at radius 2 is 1.84 bits per heavy atom. The minimum Gasteiger partial charge on any atom is -0.343 e. The second-order valence-electron chi connectivity index (χ2n) is 9.64. The molecule has 0 N–H and O–H groups in total. The van der Waals surface area contributed by atoms with E-state index in [9.17, 15) is 9.59 Å². The fraction of sp³-hybridized carbons (Fsp3) is 0.500. The predicted octanol–water partition coefficient (Wildman–Crippen LogP) is 6.09. The number of hydrogen-bond acceptors (Lipinski definition) is 2. The Kier molecular flexibility index (Phi) is 7.35. The fourth-order valence-corrected chi connectivity index (χ4v) is 5.26. The van der Waals surface area contributed by atoms with Gasteiger partial charge in [0, 0.05) is 24.9 Å². The van der Waals surface area contributed by atoms with Crippen LogP contribution in [0.25, 0.3) is 0 Å². The van der Waals surface area contributed by atoms with Gasteiger partial charge in [-0.1, -0.05) is 68.0 Å². The van der Waals surface area contributed by atoms with Crippen molar-refractivity contribution < 1.29 is 9.59 Å². The second-order valence-corrected chi connectivity index (χ2v) is 9.64. The largest absolute Gasteiger partial charge is 0.343 e. The van der Waals surface area contributed by atoms with Gasteiger partial charge in [0.15, 0.2) is 5.78 Å². The van der Waals surface area contributed by atoms with Crippen LogP contribution in [0, 0.1) is 17.3 Å². The SMILES string of the molecule is CCN(CC)C(=O)C1C(=O)C=C(/C=C/C2C(C)=CCCC2(C)C)CC1c1ccccc1. The highest BCUT2D eigenvalue weighted by molar-refractivity contribution is 6.08. The molecule has 3 nitrogen and oxygen atoms in total. The van der Waals surface area contributed by atoms with E-state index in [1.807, 2.05) is 44.2 Å². The molecule has 166 valence electrons. The Labute approximate surface area is 187 Å². The van der Waals surface area contributed by atoms with Crippen molar-refractivity contribution in [2.45, 2.75) is 59.8 Å². The zero-order valence-corrected chi connectivity index (χ0v) is 19.7. The molecule has 0 bridgehead atoms. The van der Waals surface area contributed by atoms with Crippen LogP contribution >= 0.6 is 0 Å². The van der Waals surface area contributed by atoms with Gasteiger partial charge in [-0.3, -0.25) is 9.59 Å². The Morgan fingerprint density at radius 1 is 1.16 bits per heavy atom. The second kappa shape index (κ2) is 9.80. The van der Waals surface area contributed by atoms with E-state index in [1.165, 1.54) is 12.0 Å². The molecule has 0 heterocycles. The van der Waals surface area contributed by atoms with E-state index in [2.05, 4.69) is 39.0 Å². The zero-order valence-electron chi connectivity index (χ0n) is 19.7. The molecule has 31 heavy (non-hydrogen) atoms. The topological polar surface area (TPSA) is 37.4 Å². The number of carbonyl (C=O) groups excluding carboxylic acids is 2. The van der Waals surface area contributed by atoms with Crippen LogP contribution in [0.1, 0.15) is 65.4 Å². The van der Waals surface area contributed by atoms with E-state index in [-0.39, 0.29) is 23.0 Å². The molecule has 3 heteroatoms. The monoisotopic (exact) mass is 419 g/mol. The molecule has 0 aliphatic heterocycles. The first-order valence-corrected chi connectivity index (χ1v) is 11.7. The molecule has 0 saturated heterocycles. The van der Waals surface area contributed by atoms with Gasteiger partial charge in [0.25, 0.3) is 0 Å². The summed E-state index contributed by atoms with van der Waals surface area (Å²) in [6.45, 7) is 12.0. The minimum absolute atomic E-state index is 0.0460. The van der Waals surface area contributed by atoms with Crippen molar-refractivity contribution in [3.8, 4) is 0 Å². The smallest absolute Gasteiger partial charge is 0.234 e. The van der Waals surface area contributed by atoms with Gasteiger partial charge in [-0.2, -0.15) is 0 Å². The molecule has 3 atom stereocenters. The van der Waals surface area contributed by atoms with Crippen LogP contribution in [0.2, 0.25) is 0 Å². The molecule has 0 aromatic heterocycles. The third-order valence-corrected chi connectivity index (χ3v) is 7.15. The van der Waals surface area contributed by atoms with Crippen molar-refractivity contribution in [3.05, 3.63) is 71.3 Å². The van der Waals surface area contributed by atoms with Crippen molar-refractivity contribution in [3.63, 3.8) is 0 Å². The van der Waals surface area contributed by atoms with Crippen LogP contribution < -0.4 is 0 Å². The molecule has 3 rings (SSSR count). The van der Waals surface area contributed by atoms with Gasteiger partial charge in [-0.05, 0) is 62.7 Å². The van der Waals surface area contributed by atoms with Crippen molar-refractivity contribution in [1.82, 2.24) is 4.90 Å². The van der Waals surface area contributed by atoms with Gasteiger partial charge < -0.3 is 4.90 Å². The number of ketones is 1. The molecule has 0 spiro atoms. The molecule has 2 aliphatic carbocycles. The average molecular weight is 420 g/mol. The molecule has 0 saturated carbocycles. The predicted molar refractivity (Wildman–Crippen MR) is 128 cm³/mol. The number of allylic oxidation sites excluding steroid dienone is 6. The molecule has 0 fully saturated rings. The Morgan fingerprint density at radius 3 is 2.45 bits per heavy atom. The van der Waals surface area contributed by atoms with Crippen LogP contribution in [0.4, 0.5) is 0 Å². The molecule has 0 radical (unpaired) electrons. The summed E-state index contributed by atoms with van der Waals surface area (Å²) in [4.78, 5) is 28.3. The van der Waals surface area contributed by atoms with Crippen LogP contribution in [0.15, 0.2) is 65.8 Å². The van der Waals surface area contributed by atoms with E-state index in [4.69, 9.17) is 0 Å². The third-order valence-electron chi connectivity index (χ3n) is 7.15. The van der Waals surface area contributed by atoms with E-state index < -0.39 is 5.92 Å². The lowest BCUT2D eigenvalue weighted by atomic mass is 9.68. The van der Waals surface area contributed by atoms with Crippen LogP contribution in [0.5, 0.6) is 0 Å². The van der Waals surface area contributed by atoms with Gasteiger partial charge in [-0.15, -0.1) is 0 Å². The maximum Gasteiger partial charge on any atom is 0.234 e. The Balaban J connectivity index is 1.93. The highest BCUT2D eigenvalue weighted by Gasteiger charge is 2.39.